The van der Waals surface area contributed by atoms with Crippen LogP contribution in [0.5, 0.6) is 5.75 Å². The molecule has 1 saturated heterocycles. The molecule has 4 rings (SSSR count). The lowest BCUT2D eigenvalue weighted by molar-refractivity contribution is 0.122. The first kappa shape index (κ1) is 21.5. The number of anilines is 1. The summed E-state index contributed by atoms with van der Waals surface area (Å²) in [6.45, 7) is 6.85. The van der Waals surface area contributed by atoms with Gasteiger partial charge in [0.15, 0.2) is 17.0 Å². The van der Waals surface area contributed by atoms with Crippen LogP contribution in [0.2, 0.25) is 0 Å². The Kier molecular flexibility index (Phi) is 6.10. The van der Waals surface area contributed by atoms with E-state index >= 15 is 0 Å². The van der Waals surface area contributed by atoms with Crippen molar-refractivity contribution in [1.82, 2.24) is 19.5 Å². The Labute approximate surface area is 182 Å². The van der Waals surface area contributed by atoms with Gasteiger partial charge in [0, 0.05) is 26.6 Å². The summed E-state index contributed by atoms with van der Waals surface area (Å²) < 4.78 is 39.2. The fourth-order valence-corrected chi connectivity index (χ4v) is 4.87. The highest BCUT2D eigenvalue weighted by Gasteiger charge is 2.27. The summed E-state index contributed by atoms with van der Waals surface area (Å²) in [5.41, 5.74) is 1.80. The number of rotatable bonds is 7. The first-order valence-corrected chi connectivity index (χ1v) is 12.1. The monoisotopic (exact) mass is 445 g/mol. The molecule has 1 aliphatic heterocycles. The molecule has 0 spiro atoms. The van der Waals surface area contributed by atoms with Gasteiger partial charge in [0.25, 0.3) is 5.16 Å². The zero-order chi connectivity index (χ0) is 22.0. The molecule has 1 aromatic carbocycles. The lowest BCUT2D eigenvalue weighted by atomic mass is 10.2. The van der Waals surface area contributed by atoms with E-state index < -0.39 is 9.84 Å². The van der Waals surface area contributed by atoms with Gasteiger partial charge in [0.1, 0.15) is 11.6 Å². The van der Waals surface area contributed by atoms with Crippen molar-refractivity contribution in [2.24, 2.45) is 7.05 Å². The molecule has 31 heavy (non-hydrogen) atoms. The number of fused-ring (bicyclic) bond motifs is 1. The molecule has 0 N–H and O–H groups in total. The van der Waals surface area contributed by atoms with E-state index in [2.05, 4.69) is 15.0 Å². The van der Waals surface area contributed by atoms with Crippen LogP contribution in [0.3, 0.4) is 0 Å². The van der Waals surface area contributed by atoms with Crippen molar-refractivity contribution in [3.8, 4) is 5.75 Å². The van der Waals surface area contributed by atoms with Crippen molar-refractivity contribution in [2.75, 3.05) is 37.8 Å². The molecular formula is C21H27N5O4S. The van der Waals surface area contributed by atoms with E-state index in [-0.39, 0.29) is 10.9 Å². The SMILES string of the molecule is CCOc1ccc(CS(=O)(=O)c2nc(N3CCOCC3)c3nc(CC)n(C)c3n2)cc1. The Hall–Kier alpha value is -2.72. The second-order valence-electron chi connectivity index (χ2n) is 7.38. The molecule has 2 aromatic heterocycles. The molecule has 0 saturated carbocycles. The van der Waals surface area contributed by atoms with Gasteiger partial charge in [-0.25, -0.2) is 13.4 Å². The van der Waals surface area contributed by atoms with Crippen molar-refractivity contribution in [3.63, 3.8) is 0 Å². The molecular weight excluding hydrogens is 418 g/mol. The zero-order valence-electron chi connectivity index (χ0n) is 18.0. The summed E-state index contributed by atoms with van der Waals surface area (Å²) in [4.78, 5) is 15.6. The van der Waals surface area contributed by atoms with Crippen LogP contribution < -0.4 is 9.64 Å². The third-order valence-corrected chi connectivity index (χ3v) is 6.72. The maximum atomic E-state index is 13.2. The fraction of sp³-hybridized carbons (Fsp3) is 0.476. The van der Waals surface area contributed by atoms with E-state index in [0.717, 1.165) is 5.82 Å². The number of ether oxygens (including phenoxy) is 2. The lowest BCUT2D eigenvalue weighted by Gasteiger charge is -2.28. The second-order valence-corrected chi connectivity index (χ2v) is 9.26. The molecule has 0 aliphatic carbocycles. The number of aryl methyl sites for hydroxylation is 2. The van der Waals surface area contributed by atoms with Gasteiger partial charge in [0.2, 0.25) is 9.84 Å². The van der Waals surface area contributed by atoms with Crippen molar-refractivity contribution >= 4 is 26.8 Å². The average molecular weight is 446 g/mol. The lowest BCUT2D eigenvalue weighted by Crippen LogP contribution is -2.37. The summed E-state index contributed by atoms with van der Waals surface area (Å²) in [5, 5.41) is -0.180. The Morgan fingerprint density at radius 3 is 2.42 bits per heavy atom. The molecule has 1 fully saturated rings. The number of sulfone groups is 1. The van der Waals surface area contributed by atoms with Crippen LogP contribution in [-0.2, 0) is 33.8 Å². The van der Waals surface area contributed by atoms with Crippen molar-refractivity contribution in [1.29, 1.82) is 0 Å². The number of aromatic nitrogens is 4. The predicted molar refractivity (Wildman–Crippen MR) is 117 cm³/mol. The maximum absolute atomic E-state index is 13.2. The van der Waals surface area contributed by atoms with Gasteiger partial charge in [-0.05, 0) is 24.6 Å². The number of benzene rings is 1. The van der Waals surface area contributed by atoms with Crippen LogP contribution in [0.15, 0.2) is 29.4 Å². The minimum absolute atomic E-state index is 0.180. The van der Waals surface area contributed by atoms with Gasteiger partial charge in [0.05, 0.1) is 25.6 Å². The number of nitrogens with zero attached hydrogens (tertiary/aromatic N) is 5. The van der Waals surface area contributed by atoms with Crippen molar-refractivity contribution < 1.29 is 17.9 Å². The molecule has 0 bridgehead atoms. The number of hydrogen-bond acceptors (Lipinski definition) is 8. The predicted octanol–water partition coefficient (Wildman–Crippen LogP) is 2.13. The average Bonchev–Trinajstić information content (AvgIpc) is 3.11. The molecule has 3 aromatic rings. The first-order chi connectivity index (χ1) is 14.9. The first-order valence-electron chi connectivity index (χ1n) is 10.4. The molecule has 0 unspecified atom stereocenters. The van der Waals surface area contributed by atoms with Crippen LogP contribution in [-0.4, -0.2) is 60.8 Å². The standard InChI is InChI=1S/C21H27N5O4S/c1-4-17-22-18-19(25(17)3)23-21(24-20(18)26-10-12-29-13-11-26)31(27,28)14-15-6-8-16(9-7-15)30-5-2/h6-9H,4-5,10-14H2,1-3H3. The third-order valence-electron chi connectivity index (χ3n) is 5.27. The Morgan fingerprint density at radius 1 is 1.06 bits per heavy atom. The molecule has 0 radical (unpaired) electrons. The highest BCUT2D eigenvalue weighted by molar-refractivity contribution is 7.90. The van der Waals surface area contributed by atoms with Crippen LogP contribution in [0, 0.1) is 0 Å². The van der Waals surface area contributed by atoms with Crippen molar-refractivity contribution in [3.05, 3.63) is 35.7 Å². The molecule has 0 amide bonds. The minimum atomic E-state index is -3.77. The van der Waals surface area contributed by atoms with Gasteiger partial charge in [-0.2, -0.15) is 9.97 Å². The van der Waals surface area contributed by atoms with E-state index in [9.17, 15) is 8.42 Å². The van der Waals surface area contributed by atoms with Gasteiger partial charge >= 0.3 is 0 Å². The largest absolute Gasteiger partial charge is 0.494 e. The molecule has 1 aliphatic rings. The van der Waals surface area contributed by atoms with Crippen LogP contribution in [0.1, 0.15) is 25.2 Å². The zero-order valence-corrected chi connectivity index (χ0v) is 18.9. The number of imidazole rings is 1. The Bertz CT molecular complexity index is 1170. The van der Waals surface area contributed by atoms with Gasteiger partial charge in [-0.3, -0.25) is 0 Å². The van der Waals surface area contributed by atoms with Crippen LogP contribution in [0.4, 0.5) is 5.82 Å². The van der Waals surface area contributed by atoms with E-state index in [1.165, 1.54) is 0 Å². The van der Waals surface area contributed by atoms with Crippen LogP contribution >= 0.6 is 0 Å². The molecule has 3 heterocycles. The Balaban J connectivity index is 1.75. The maximum Gasteiger partial charge on any atom is 0.251 e. The second kappa shape index (κ2) is 8.80. The topological polar surface area (TPSA) is 99.4 Å². The highest BCUT2D eigenvalue weighted by atomic mass is 32.2. The Morgan fingerprint density at radius 2 is 1.77 bits per heavy atom. The summed E-state index contributed by atoms with van der Waals surface area (Å²) >= 11 is 0. The summed E-state index contributed by atoms with van der Waals surface area (Å²) in [6.07, 6.45) is 0.712. The molecule has 166 valence electrons. The smallest absolute Gasteiger partial charge is 0.251 e. The van der Waals surface area contributed by atoms with E-state index in [1.54, 1.807) is 24.3 Å². The minimum Gasteiger partial charge on any atom is -0.494 e. The summed E-state index contributed by atoms with van der Waals surface area (Å²) in [7, 11) is -1.91. The van der Waals surface area contributed by atoms with E-state index in [0.29, 0.717) is 67.6 Å². The van der Waals surface area contributed by atoms with E-state index in [1.807, 2.05) is 30.4 Å². The summed E-state index contributed by atoms with van der Waals surface area (Å²) in [5.74, 6) is 1.90. The van der Waals surface area contributed by atoms with Gasteiger partial charge in [-0.15, -0.1) is 0 Å². The quantitative estimate of drug-likeness (QED) is 0.510. The number of morpholine rings is 1. The molecule has 9 nitrogen and oxygen atoms in total. The molecule has 0 atom stereocenters. The highest BCUT2D eigenvalue weighted by Crippen LogP contribution is 2.27. The summed E-state index contributed by atoms with van der Waals surface area (Å²) in [6, 6.07) is 7.05. The molecule has 10 heteroatoms. The number of hydrogen-bond donors (Lipinski definition) is 0. The van der Waals surface area contributed by atoms with Gasteiger partial charge in [-0.1, -0.05) is 19.1 Å². The van der Waals surface area contributed by atoms with Crippen molar-refractivity contribution in [2.45, 2.75) is 31.2 Å². The van der Waals surface area contributed by atoms with Crippen LogP contribution in [0.25, 0.3) is 11.2 Å². The normalized spacial score (nSPS) is 14.9. The van der Waals surface area contributed by atoms with Gasteiger partial charge < -0.3 is 18.9 Å². The third kappa shape index (κ3) is 4.35. The van der Waals surface area contributed by atoms with E-state index in [4.69, 9.17) is 9.47 Å². The fourth-order valence-electron chi connectivity index (χ4n) is 3.66.